The zero-order chi connectivity index (χ0) is 10.7. The van der Waals surface area contributed by atoms with Crippen molar-refractivity contribution in [3.63, 3.8) is 0 Å². The van der Waals surface area contributed by atoms with Crippen LogP contribution in [-0.4, -0.2) is 17.0 Å². The van der Waals surface area contributed by atoms with Crippen LogP contribution in [0.5, 0.6) is 0 Å². The zero-order valence-electron chi connectivity index (χ0n) is 8.73. The Bertz CT molecular complexity index is 332. The van der Waals surface area contributed by atoms with E-state index in [0.717, 1.165) is 31.2 Å². The lowest BCUT2D eigenvalue weighted by atomic mass is 9.81. The van der Waals surface area contributed by atoms with Crippen molar-refractivity contribution in [3.8, 4) is 0 Å². The Balaban J connectivity index is 2.13. The molecule has 2 atom stereocenters. The monoisotopic (exact) mass is 204 g/mol. The summed E-state index contributed by atoms with van der Waals surface area (Å²) < 4.78 is 0. The molecule has 0 heterocycles. The van der Waals surface area contributed by atoms with Crippen molar-refractivity contribution in [2.75, 3.05) is 0 Å². The fraction of sp³-hybridized carbons (Fsp3) is 0.462. The van der Waals surface area contributed by atoms with E-state index in [9.17, 15) is 9.90 Å². The predicted octanol–water partition coefficient (Wildman–Crippen LogP) is 2.42. The largest absolute Gasteiger partial charge is 0.392 e. The van der Waals surface area contributed by atoms with Crippen LogP contribution >= 0.6 is 0 Å². The lowest BCUT2D eigenvalue weighted by Crippen LogP contribution is -2.31. The maximum absolute atomic E-state index is 12.1. The van der Waals surface area contributed by atoms with Gasteiger partial charge in [0.25, 0.3) is 0 Å². The first-order valence-corrected chi connectivity index (χ1v) is 5.56. The summed E-state index contributed by atoms with van der Waals surface area (Å²) in [5, 5.41) is 9.78. The van der Waals surface area contributed by atoms with Crippen LogP contribution in [0, 0.1) is 5.92 Å². The number of rotatable bonds is 2. The smallest absolute Gasteiger partial charge is 0.168 e. The molecule has 0 aromatic heterocycles. The Kier molecular flexibility index (Phi) is 3.17. The van der Waals surface area contributed by atoms with Crippen LogP contribution in [0.25, 0.3) is 0 Å². The average Bonchev–Trinajstić information content (AvgIpc) is 2.30. The number of Topliss-reactive ketones (excluding diaryl/α,β-unsaturated/α-hetero) is 1. The van der Waals surface area contributed by atoms with Crippen LogP contribution in [0.15, 0.2) is 30.3 Å². The molecule has 1 saturated carbocycles. The van der Waals surface area contributed by atoms with E-state index in [-0.39, 0.29) is 11.7 Å². The molecule has 2 nitrogen and oxygen atoms in total. The number of hydrogen-bond donors (Lipinski definition) is 1. The van der Waals surface area contributed by atoms with Crippen molar-refractivity contribution >= 4 is 5.78 Å². The maximum atomic E-state index is 12.1. The van der Waals surface area contributed by atoms with E-state index >= 15 is 0 Å². The topological polar surface area (TPSA) is 37.3 Å². The summed E-state index contributed by atoms with van der Waals surface area (Å²) in [4.78, 5) is 12.1. The Morgan fingerprint density at radius 3 is 2.47 bits per heavy atom. The fourth-order valence-corrected chi connectivity index (χ4v) is 2.23. The molecule has 1 aromatic rings. The SMILES string of the molecule is O=C(c1ccccc1)[C@H]1CCCC[C@@H]1O. The molecule has 0 bridgehead atoms. The fourth-order valence-electron chi connectivity index (χ4n) is 2.23. The summed E-state index contributed by atoms with van der Waals surface area (Å²) in [5.74, 6) is -0.0797. The average molecular weight is 204 g/mol. The van der Waals surface area contributed by atoms with Gasteiger partial charge >= 0.3 is 0 Å². The molecule has 1 fully saturated rings. The summed E-state index contributed by atoms with van der Waals surface area (Å²) in [6, 6.07) is 9.27. The van der Waals surface area contributed by atoms with Gasteiger partial charge < -0.3 is 5.11 Å². The molecule has 0 aliphatic heterocycles. The van der Waals surface area contributed by atoms with Crippen molar-refractivity contribution in [1.82, 2.24) is 0 Å². The van der Waals surface area contributed by atoms with E-state index in [1.807, 2.05) is 30.3 Å². The zero-order valence-corrected chi connectivity index (χ0v) is 8.73. The number of benzene rings is 1. The highest BCUT2D eigenvalue weighted by Gasteiger charge is 2.29. The Hall–Kier alpha value is -1.15. The van der Waals surface area contributed by atoms with Gasteiger partial charge in [0.1, 0.15) is 0 Å². The molecule has 0 unspecified atom stereocenters. The van der Waals surface area contributed by atoms with Crippen LogP contribution in [0.4, 0.5) is 0 Å². The van der Waals surface area contributed by atoms with Crippen molar-refractivity contribution in [2.45, 2.75) is 31.8 Å². The van der Waals surface area contributed by atoms with Crippen LogP contribution in [0.3, 0.4) is 0 Å². The number of carbonyl (C=O) groups is 1. The van der Waals surface area contributed by atoms with Crippen molar-refractivity contribution in [1.29, 1.82) is 0 Å². The molecule has 15 heavy (non-hydrogen) atoms. The molecule has 2 rings (SSSR count). The van der Waals surface area contributed by atoms with Gasteiger partial charge in [-0.25, -0.2) is 0 Å². The van der Waals surface area contributed by atoms with Gasteiger partial charge in [0, 0.05) is 11.5 Å². The molecule has 2 heteroatoms. The first-order chi connectivity index (χ1) is 7.29. The standard InChI is InChI=1S/C13H16O2/c14-12-9-5-4-8-11(12)13(15)10-6-2-1-3-7-10/h1-3,6-7,11-12,14H,4-5,8-9H2/t11-,12-/m0/s1. The third-order valence-corrected chi connectivity index (χ3v) is 3.12. The van der Waals surface area contributed by atoms with E-state index in [1.165, 1.54) is 0 Å². The highest BCUT2D eigenvalue weighted by atomic mass is 16.3. The maximum Gasteiger partial charge on any atom is 0.168 e. The second kappa shape index (κ2) is 4.58. The van der Waals surface area contributed by atoms with Crippen molar-refractivity contribution in [2.24, 2.45) is 5.92 Å². The second-order valence-corrected chi connectivity index (χ2v) is 4.19. The number of aliphatic hydroxyl groups excluding tert-OH is 1. The minimum atomic E-state index is -0.438. The van der Waals surface area contributed by atoms with Gasteiger partial charge in [-0.2, -0.15) is 0 Å². The normalized spacial score (nSPS) is 26.2. The van der Waals surface area contributed by atoms with Gasteiger partial charge in [0.05, 0.1) is 6.10 Å². The molecule has 80 valence electrons. The third kappa shape index (κ3) is 2.26. The van der Waals surface area contributed by atoms with Gasteiger partial charge in [-0.05, 0) is 12.8 Å². The van der Waals surface area contributed by atoms with Crippen molar-refractivity contribution < 1.29 is 9.90 Å². The quantitative estimate of drug-likeness (QED) is 0.751. The molecule has 1 aliphatic carbocycles. The number of aliphatic hydroxyl groups is 1. The molecule has 1 N–H and O–H groups in total. The summed E-state index contributed by atoms with van der Waals surface area (Å²) in [6.45, 7) is 0. The minimum absolute atomic E-state index is 0.0998. The molecule has 0 saturated heterocycles. The summed E-state index contributed by atoms with van der Waals surface area (Å²) in [7, 11) is 0. The molecule has 1 aliphatic rings. The van der Waals surface area contributed by atoms with Crippen LogP contribution in [0.2, 0.25) is 0 Å². The van der Waals surface area contributed by atoms with Crippen LogP contribution in [-0.2, 0) is 0 Å². The molecular weight excluding hydrogens is 188 g/mol. The third-order valence-electron chi connectivity index (χ3n) is 3.12. The highest BCUT2D eigenvalue weighted by molar-refractivity contribution is 5.98. The first kappa shape index (κ1) is 10.4. The van der Waals surface area contributed by atoms with E-state index < -0.39 is 6.10 Å². The predicted molar refractivity (Wildman–Crippen MR) is 58.7 cm³/mol. The molecular formula is C13H16O2. The van der Waals surface area contributed by atoms with Gasteiger partial charge in [0.2, 0.25) is 0 Å². The number of hydrogen-bond acceptors (Lipinski definition) is 2. The van der Waals surface area contributed by atoms with Crippen molar-refractivity contribution in [3.05, 3.63) is 35.9 Å². The Labute approximate surface area is 89.9 Å². The molecule has 1 aromatic carbocycles. The van der Waals surface area contributed by atoms with Gasteiger partial charge in [0.15, 0.2) is 5.78 Å². The number of ketones is 1. The minimum Gasteiger partial charge on any atom is -0.392 e. The Morgan fingerprint density at radius 2 is 1.80 bits per heavy atom. The van der Waals surface area contributed by atoms with Gasteiger partial charge in [-0.1, -0.05) is 43.2 Å². The molecule has 0 radical (unpaired) electrons. The van der Waals surface area contributed by atoms with Gasteiger partial charge in [-0.15, -0.1) is 0 Å². The van der Waals surface area contributed by atoms with Crippen LogP contribution < -0.4 is 0 Å². The van der Waals surface area contributed by atoms with E-state index in [0.29, 0.717) is 0 Å². The van der Waals surface area contributed by atoms with E-state index in [2.05, 4.69) is 0 Å². The molecule has 0 spiro atoms. The summed E-state index contributed by atoms with van der Waals surface area (Å²) in [6.07, 6.45) is 3.25. The summed E-state index contributed by atoms with van der Waals surface area (Å²) in [5.41, 5.74) is 0.725. The second-order valence-electron chi connectivity index (χ2n) is 4.19. The van der Waals surface area contributed by atoms with E-state index in [4.69, 9.17) is 0 Å². The lowest BCUT2D eigenvalue weighted by molar-refractivity contribution is 0.0525. The van der Waals surface area contributed by atoms with Gasteiger partial charge in [-0.3, -0.25) is 4.79 Å². The van der Waals surface area contributed by atoms with E-state index in [1.54, 1.807) is 0 Å². The Morgan fingerprint density at radius 1 is 1.13 bits per heavy atom. The highest BCUT2D eigenvalue weighted by Crippen LogP contribution is 2.27. The number of carbonyl (C=O) groups excluding carboxylic acids is 1. The summed E-state index contributed by atoms with van der Waals surface area (Å²) >= 11 is 0. The van der Waals surface area contributed by atoms with Crippen LogP contribution in [0.1, 0.15) is 36.0 Å². The lowest BCUT2D eigenvalue weighted by Gasteiger charge is -2.26. The molecule has 0 amide bonds. The first-order valence-electron chi connectivity index (χ1n) is 5.56.